The topological polar surface area (TPSA) is 86.8 Å². The number of benzene rings is 2. The van der Waals surface area contributed by atoms with Crippen LogP contribution in [0.1, 0.15) is 49.4 Å². The number of hydrogen-bond donors (Lipinski definition) is 1. The van der Waals surface area contributed by atoms with Gasteiger partial charge in [0.1, 0.15) is 12.6 Å². The molecule has 35 heavy (non-hydrogen) atoms. The van der Waals surface area contributed by atoms with Crippen molar-refractivity contribution in [3.05, 3.63) is 64.7 Å². The molecule has 1 atom stereocenters. The number of amides is 2. The Hall–Kier alpha value is -2.87. The van der Waals surface area contributed by atoms with E-state index in [0.717, 1.165) is 32.8 Å². The third-order valence-electron chi connectivity index (χ3n) is 5.91. The van der Waals surface area contributed by atoms with Gasteiger partial charge in [-0.05, 0) is 49.8 Å². The number of aryl methyl sites for hydroxylation is 3. The average molecular weight is 502 g/mol. The van der Waals surface area contributed by atoms with Crippen molar-refractivity contribution in [3.8, 4) is 0 Å². The van der Waals surface area contributed by atoms with Crippen molar-refractivity contribution < 1.29 is 18.0 Å². The smallest absolute Gasteiger partial charge is 0.244 e. The Morgan fingerprint density at radius 1 is 0.971 bits per heavy atom. The van der Waals surface area contributed by atoms with Crippen LogP contribution in [0.25, 0.3) is 0 Å². The molecule has 0 aliphatic rings. The number of rotatable bonds is 11. The van der Waals surface area contributed by atoms with E-state index in [1.165, 1.54) is 4.90 Å². The molecule has 0 aliphatic carbocycles. The van der Waals surface area contributed by atoms with Crippen molar-refractivity contribution in [2.75, 3.05) is 23.7 Å². The maximum absolute atomic E-state index is 13.8. The Morgan fingerprint density at radius 3 is 2.03 bits per heavy atom. The zero-order valence-corrected chi connectivity index (χ0v) is 22.8. The molecule has 2 rings (SSSR count). The number of sulfonamides is 1. The van der Waals surface area contributed by atoms with Gasteiger partial charge < -0.3 is 10.2 Å². The molecule has 0 bridgehead atoms. The predicted octanol–water partition coefficient (Wildman–Crippen LogP) is 3.96. The average Bonchev–Trinajstić information content (AvgIpc) is 2.77. The first-order valence-corrected chi connectivity index (χ1v) is 13.9. The highest BCUT2D eigenvalue weighted by molar-refractivity contribution is 7.92. The highest BCUT2D eigenvalue weighted by Crippen LogP contribution is 2.27. The van der Waals surface area contributed by atoms with Gasteiger partial charge in [-0.15, -0.1) is 0 Å². The molecule has 2 amide bonds. The van der Waals surface area contributed by atoms with Crippen LogP contribution in [0.15, 0.2) is 42.5 Å². The minimum Gasteiger partial charge on any atom is -0.354 e. The van der Waals surface area contributed by atoms with Gasteiger partial charge in [0.15, 0.2) is 0 Å². The lowest BCUT2D eigenvalue weighted by Crippen LogP contribution is -2.52. The van der Waals surface area contributed by atoms with E-state index in [1.54, 1.807) is 0 Å². The van der Waals surface area contributed by atoms with Gasteiger partial charge in [0.25, 0.3) is 0 Å². The summed E-state index contributed by atoms with van der Waals surface area (Å²) in [6, 6.07) is 12.5. The molecule has 0 saturated heterocycles. The lowest BCUT2D eigenvalue weighted by atomic mass is 10.1. The van der Waals surface area contributed by atoms with Gasteiger partial charge >= 0.3 is 0 Å². The quantitative estimate of drug-likeness (QED) is 0.505. The molecule has 1 N–H and O–H groups in total. The van der Waals surface area contributed by atoms with Crippen molar-refractivity contribution in [1.29, 1.82) is 0 Å². The standard InChI is InChI=1S/C27H39N3O4S/c1-8-24(27(32)28-16-19(2)3)29(17-23-14-12-20(4)13-15-23)25(31)18-30(35(7,33)34)26-21(5)10-9-11-22(26)6/h9-15,19,24H,8,16-18H2,1-7H3,(H,28,32)/t24-/m0/s1. The number of carbonyl (C=O) groups is 2. The second-order valence-corrected chi connectivity index (χ2v) is 11.5. The summed E-state index contributed by atoms with van der Waals surface area (Å²) in [4.78, 5) is 28.3. The van der Waals surface area contributed by atoms with Gasteiger partial charge in [-0.2, -0.15) is 0 Å². The second-order valence-electron chi connectivity index (χ2n) is 9.58. The molecule has 2 aromatic carbocycles. The molecule has 0 spiro atoms. The van der Waals surface area contributed by atoms with Gasteiger partial charge in [-0.3, -0.25) is 13.9 Å². The molecule has 0 radical (unpaired) electrons. The first-order chi connectivity index (χ1) is 16.3. The largest absolute Gasteiger partial charge is 0.354 e. The second kappa shape index (κ2) is 12.2. The monoisotopic (exact) mass is 501 g/mol. The van der Waals surface area contributed by atoms with Crippen LogP contribution >= 0.6 is 0 Å². The summed E-state index contributed by atoms with van der Waals surface area (Å²) in [5.41, 5.74) is 3.98. The summed E-state index contributed by atoms with van der Waals surface area (Å²) in [6.45, 7) is 11.8. The molecule has 2 aromatic rings. The van der Waals surface area contributed by atoms with Gasteiger partial charge in [0, 0.05) is 13.1 Å². The van der Waals surface area contributed by atoms with Crippen molar-refractivity contribution in [2.24, 2.45) is 5.92 Å². The predicted molar refractivity (Wildman–Crippen MR) is 142 cm³/mol. The normalized spacial score (nSPS) is 12.3. The number of nitrogens with zero attached hydrogens (tertiary/aromatic N) is 2. The van der Waals surface area contributed by atoms with Gasteiger partial charge in [0.2, 0.25) is 21.8 Å². The minimum atomic E-state index is -3.76. The van der Waals surface area contributed by atoms with Crippen LogP contribution in [0.2, 0.25) is 0 Å². The lowest BCUT2D eigenvalue weighted by Gasteiger charge is -2.33. The van der Waals surface area contributed by atoms with Crippen LogP contribution < -0.4 is 9.62 Å². The lowest BCUT2D eigenvalue weighted by molar-refractivity contribution is -0.140. The van der Waals surface area contributed by atoms with Crippen LogP contribution in [-0.2, 0) is 26.2 Å². The Labute approximate surface area is 210 Å². The summed E-state index contributed by atoms with van der Waals surface area (Å²) in [5, 5.41) is 2.93. The van der Waals surface area contributed by atoms with Crippen LogP contribution in [0.5, 0.6) is 0 Å². The fraction of sp³-hybridized carbons (Fsp3) is 0.481. The highest BCUT2D eigenvalue weighted by Gasteiger charge is 2.32. The summed E-state index contributed by atoms with van der Waals surface area (Å²) in [7, 11) is -3.76. The van der Waals surface area contributed by atoms with E-state index in [-0.39, 0.29) is 24.9 Å². The van der Waals surface area contributed by atoms with Crippen LogP contribution in [0, 0.1) is 26.7 Å². The van der Waals surface area contributed by atoms with E-state index in [0.29, 0.717) is 18.7 Å². The maximum atomic E-state index is 13.8. The Bertz CT molecular complexity index is 1110. The fourth-order valence-corrected chi connectivity index (χ4v) is 4.97. The molecule has 0 aromatic heterocycles. The third kappa shape index (κ3) is 7.82. The molecule has 0 saturated carbocycles. The van der Waals surface area contributed by atoms with Crippen molar-refractivity contribution in [2.45, 2.75) is 60.5 Å². The molecule has 7 nitrogen and oxygen atoms in total. The maximum Gasteiger partial charge on any atom is 0.244 e. The first-order valence-electron chi connectivity index (χ1n) is 12.0. The van der Waals surface area contributed by atoms with Gasteiger partial charge in [-0.25, -0.2) is 8.42 Å². The summed E-state index contributed by atoms with van der Waals surface area (Å²) < 4.78 is 26.8. The molecule has 8 heteroatoms. The van der Waals surface area contributed by atoms with Crippen LogP contribution in [0.4, 0.5) is 5.69 Å². The van der Waals surface area contributed by atoms with E-state index < -0.39 is 22.0 Å². The minimum absolute atomic E-state index is 0.205. The fourth-order valence-electron chi connectivity index (χ4n) is 4.01. The number of carbonyl (C=O) groups excluding carboxylic acids is 2. The molecule has 0 heterocycles. The SMILES string of the molecule is CC[C@@H](C(=O)NCC(C)C)N(Cc1ccc(C)cc1)C(=O)CN(c1c(C)cccc1C)S(C)(=O)=O. The molecule has 192 valence electrons. The molecular formula is C27H39N3O4S. The Kier molecular flexibility index (Phi) is 9.89. The molecule has 0 fully saturated rings. The van der Waals surface area contributed by atoms with Crippen molar-refractivity contribution >= 4 is 27.5 Å². The van der Waals surface area contributed by atoms with E-state index in [1.807, 2.05) is 84.0 Å². The van der Waals surface area contributed by atoms with E-state index >= 15 is 0 Å². The summed E-state index contributed by atoms with van der Waals surface area (Å²) >= 11 is 0. The van der Waals surface area contributed by atoms with E-state index in [9.17, 15) is 18.0 Å². The Balaban J connectivity index is 2.47. The summed E-state index contributed by atoms with van der Waals surface area (Å²) in [5.74, 6) is -0.396. The highest BCUT2D eigenvalue weighted by atomic mass is 32.2. The molecule has 0 aliphatic heterocycles. The molecular weight excluding hydrogens is 462 g/mol. The van der Waals surface area contributed by atoms with Crippen LogP contribution in [-0.4, -0.2) is 50.5 Å². The van der Waals surface area contributed by atoms with Gasteiger partial charge in [0.05, 0.1) is 11.9 Å². The number of nitrogens with one attached hydrogen (secondary N) is 1. The zero-order chi connectivity index (χ0) is 26.3. The number of hydrogen-bond acceptors (Lipinski definition) is 4. The first kappa shape index (κ1) is 28.4. The zero-order valence-electron chi connectivity index (χ0n) is 22.0. The van der Waals surface area contributed by atoms with Crippen molar-refractivity contribution in [1.82, 2.24) is 10.2 Å². The third-order valence-corrected chi connectivity index (χ3v) is 7.02. The number of para-hydroxylation sites is 1. The van der Waals surface area contributed by atoms with Gasteiger partial charge in [-0.1, -0.05) is 68.8 Å². The summed E-state index contributed by atoms with van der Waals surface area (Å²) in [6.07, 6.45) is 1.51. The van der Waals surface area contributed by atoms with Crippen molar-refractivity contribution in [3.63, 3.8) is 0 Å². The van der Waals surface area contributed by atoms with E-state index in [4.69, 9.17) is 0 Å². The molecule has 0 unspecified atom stereocenters. The van der Waals surface area contributed by atoms with E-state index in [2.05, 4.69) is 5.32 Å². The number of anilines is 1. The van der Waals surface area contributed by atoms with Crippen LogP contribution in [0.3, 0.4) is 0 Å². The Morgan fingerprint density at radius 2 is 1.54 bits per heavy atom.